The molecule has 0 aliphatic heterocycles. The number of ether oxygens (including phenoxy) is 1. The smallest absolute Gasteiger partial charge is 0.481 e. The van der Waals surface area contributed by atoms with Crippen molar-refractivity contribution in [2.24, 2.45) is 0 Å². The van der Waals surface area contributed by atoms with Crippen molar-refractivity contribution in [3.8, 4) is 11.4 Å². The fourth-order valence-corrected chi connectivity index (χ4v) is 1.99. The molecule has 1 N–H and O–H groups in total. The molecular formula is C10H7F3N4O3S. The molecule has 0 spiro atoms. The van der Waals surface area contributed by atoms with Gasteiger partial charge in [-0.15, -0.1) is 18.3 Å². The highest BCUT2D eigenvalue weighted by Crippen LogP contribution is 2.30. The number of halogens is 3. The number of aliphatic carboxylic acids is 1. The molecule has 0 atom stereocenters. The molecule has 7 nitrogen and oxygen atoms in total. The van der Waals surface area contributed by atoms with Crippen LogP contribution >= 0.6 is 11.8 Å². The maximum absolute atomic E-state index is 12.4. The number of carboxylic acids is 1. The fourth-order valence-electron chi connectivity index (χ4n) is 1.39. The van der Waals surface area contributed by atoms with Gasteiger partial charge in [0.05, 0.1) is 5.75 Å². The number of tetrazole rings is 1. The highest BCUT2D eigenvalue weighted by atomic mass is 32.2. The number of carboxylic acid groups (broad SMARTS) is 1. The second-order valence-electron chi connectivity index (χ2n) is 3.57. The Morgan fingerprint density at radius 1 is 1.38 bits per heavy atom. The van der Waals surface area contributed by atoms with Crippen molar-refractivity contribution in [3.05, 3.63) is 24.3 Å². The van der Waals surface area contributed by atoms with Crippen LogP contribution in [0.15, 0.2) is 29.4 Å². The molecule has 0 aliphatic carbocycles. The predicted octanol–water partition coefficient (Wildman–Crippen LogP) is 1.74. The Balaban J connectivity index is 2.34. The van der Waals surface area contributed by atoms with Crippen molar-refractivity contribution < 1.29 is 27.8 Å². The molecule has 21 heavy (non-hydrogen) atoms. The maximum atomic E-state index is 12.4. The zero-order valence-electron chi connectivity index (χ0n) is 10.1. The Bertz CT molecular complexity index is 646. The third kappa shape index (κ3) is 4.08. The third-order valence-electron chi connectivity index (χ3n) is 2.08. The molecule has 0 fully saturated rings. The molecule has 0 bridgehead atoms. The molecule has 2 rings (SSSR count). The van der Waals surface area contributed by atoms with E-state index in [-0.39, 0.29) is 16.6 Å². The molecule has 0 saturated heterocycles. The van der Waals surface area contributed by atoms with Gasteiger partial charge in [-0.2, -0.15) is 4.68 Å². The SMILES string of the molecule is O=C(O)CSc1nnnn1-c1ccccc1OC(F)(F)F. The van der Waals surface area contributed by atoms with E-state index in [2.05, 4.69) is 20.3 Å². The summed E-state index contributed by atoms with van der Waals surface area (Å²) in [6.07, 6.45) is -4.86. The highest BCUT2D eigenvalue weighted by Gasteiger charge is 2.32. The summed E-state index contributed by atoms with van der Waals surface area (Å²) in [6.45, 7) is 0. The first-order valence-electron chi connectivity index (χ1n) is 5.35. The molecule has 112 valence electrons. The first-order chi connectivity index (χ1) is 9.87. The molecule has 0 aliphatic rings. The van der Waals surface area contributed by atoms with Crippen molar-refractivity contribution >= 4 is 17.7 Å². The van der Waals surface area contributed by atoms with Crippen molar-refractivity contribution in [2.75, 3.05) is 5.75 Å². The molecule has 1 aromatic heterocycles. The number of aromatic nitrogens is 4. The molecule has 0 radical (unpaired) electrons. The Morgan fingerprint density at radius 3 is 2.76 bits per heavy atom. The molecule has 1 heterocycles. The van der Waals surface area contributed by atoms with Crippen LogP contribution in [0, 0.1) is 0 Å². The zero-order chi connectivity index (χ0) is 15.5. The number of benzene rings is 1. The van der Waals surface area contributed by atoms with Crippen molar-refractivity contribution in [1.29, 1.82) is 0 Å². The van der Waals surface area contributed by atoms with Crippen LogP contribution in [-0.4, -0.2) is 43.4 Å². The third-order valence-corrected chi connectivity index (χ3v) is 2.99. The summed E-state index contributed by atoms with van der Waals surface area (Å²) < 4.78 is 41.9. The first-order valence-corrected chi connectivity index (χ1v) is 6.33. The molecule has 0 amide bonds. The topological polar surface area (TPSA) is 90.1 Å². The van der Waals surface area contributed by atoms with Gasteiger partial charge >= 0.3 is 12.3 Å². The van der Waals surface area contributed by atoms with Gasteiger partial charge in [0.1, 0.15) is 5.69 Å². The molecule has 1 aromatic carbocycles. The van der Waals surface area contributed by atoms with Crippen LogP contribution in [-0.2, 0) is 4.79 Å². The summed E-state index contributed by atoms with van der Waals surface area (Å²) in [5, 5.41) is 19.1. The predicted molar refractivity (Wildman–Crippen MR) is 64.2 cm³/mol. The lowest BCUT2D eigenvalue weighted by Crippen LogP contribution is -2.18. The number of alkyl halides is 3. The Hall–Kier alpha value is -2.30. The standard InChI is InChI=1S/C10H7F3N4O3S/c11-10(12,13)20-7-4-2-1-3-6(7)17-9(14-15-16-17)21-5-8(18)19/h1-4H,5H2,(H,18,19). The van der Waals surface area contributed by atoms with Crippen molar-refractivity contribution in [1.82, 2.24) is 20.2 Å². The van der Waals surface area contributed by atoms with Crippen LogP contribution in [0.3, 0.4) is 0 Å². The van der Waals surface area contributed by atoms with Crippen molar-refractivity contribution in [2.45, 2.75) is 11.5 Å². The lowest BCUT2D eigenvalue weighted by Gasteiger charge is -2.13. The van der Waals surface area contributed by atoms with E-state index >= 15 is 0 Å². The van der Waals surface area contributed by atoms with Gasteiger partial charge in [-0.1, -0.05) is 23.9 Å². The lowest BCUT2D eigenvalue weighted by atomic mass is 10.3. The molecule has 0 saturated carbocycles. The number of rotatable bonds is 5. The lowest BCUT2D eigenvalue weighted by molar-refractivity contribution is -0.274. The van der Waals surface area contributed by atoms with E-state index in [0.717, 1.165) is 22.5 Å². The van der Waals surface area contributed by atoms with Gasteiger partial charge in [0, 0.05) is 0 Å². The second kappa shape index (κ2) is 5.99. The summed E-state index contributed by atoms with van der Waals surface area (Å²) in [7, 11) is 0. The van der Waals surface area contributed by atoms with Gasteiger partial charge in [0.15, 0.2) is 5.75 Å². The first kappa shape index (κ1) is 15.1. The number of carbonyl (C=O) groups is 1. The molecule has 11 heteroatoms. The van der Waals surface area contributed by atoms with Gasteiger partial charge in [0.2, 0.25) is 5.16 Å². The van der Waals surface area contributed by atoms with Crippen LogP contribution in [0.1, 0.15) is 0 Å². The Morgan fingerprint density at radius 2 is 2.10 bits per heavy atom. The van der Waals surface area contributed by atoms with Crippen molar-refractivity contribution in [3.63, 3.8) is 0 Å². The number of hydrogen-bond donors (Lipinski definition) is 1. The van der Waals surface area contributed by atoms with E-state index in [1.165, 1.54) is 18.2 Å². The van der Waals surface area contributed by atoms with Gasteiger partial charge in [-0.05, 0) is 22.6 Å². The summed E-state index contributed by atoms with van der Waals surface area (Å²) >= 11 is 0.774. The number of nitrogens with zero attached hydrogens (tertiary/aromatic N) is 4. The zero-order valence-corrected chi connectivity index (χ0v) is 10.9. The Labute approximate surface area is 119 Å². The highest BCUT2D eigenvalue weighted by molar-refractivity contribution is 7.99. The Kier molecular flexibility index (Phi) is 4.31. The van der Waals surface area contributed by atoms with Gasteiger partial charge in [0.25, 0.3) is 0 Å². The van der Waals surface area contributed by atoms with E-state index in [9.17, 15) is 18.0 Å². The summed E-state index contributed by atoms with van der Waals surface area (Å²) in [5.41, 5.74) is -0.0484. The fraction of sp³-hybridized carbons (Fsp3) is 0.200. The summed E-state index contributed by atoms with van der Waals surface area (Å²) in [6, 6.07) is 5.27. The second-order valence-corrected chi connectivity index (χ2v) is 4.51. The minimum Gasteiger partial charge on any atom is -0.481 e. The number of thioether (sulfide) groups is 1. The largest absolute Gasteiger partial charge is 0.573 e. The minimum absolute atomic E-state index is 0.0376. The van der Waals surface area contributed by atoms with Gasteiger partial charge in [-0.25, -0.2) is 0 Å². The summed E-state index contributed by atoms with van der Waals surface area (Å²) in [5.74, 6) is -1.92. The van der Waals surface area contributed by atoms with E-state index in [1.54, 1.807) is 0 Å². The maximum Gasteiger partial charge on any atom is 0.573 e. The van der Waals surface area contributed by atoms with Gasteiger partial charge in [-0.3, -0.25) is 4.79 Å². The van der Waals surface area contributed by atoms with Crippen LogP contribution in [0.5, 0.6) is 5.75 Å². The van der Waals surface area contributed by atoms with Crippen LogP contribution in [0.4, 0.5) is 13.2 Å². The summed E-state index contributed by atoms with van der Waals surface area (Å²) in [4.78, 5) is 10.5. The van der Waals surface area contributed by atoms with E-state index in [1.807, 2.05) is 0 Å². The van der Waals surface area contributed by atoms with Crippen LogP contribution in [0.2, 0.25) is 0 Å². The average Bonchev–Trinajstić information content (AvgIpc) is 2.83. The molecular weight excluding hydrogens is 313 g/mol. The molecule has 2 aromatic rings. The van der Waals surface area contributed by atoms with Crippen LogP contribution < -0.4 is 4.74 Å². The molecule has 0 unspecified atom stereocenters. The van der Waals surface area contributed by atoms with Crippen LogP contribution in [0.25, 0.3) is 5.69 Å². The van der Waals surface area contributed by atoms with E-state index in [0.29, 0.717) is 0 Å². The number of para-hydroxylation sites is 2. The van der Waals surface area contributed by atoms with E-state index < -0.39 is 18.1 Å². The minimum atomic E-state index is -4.86. The normalized spacial score (nSPS) is 11.4. The van der Waals surface area contributed by atoms with Gasteiger partial charge < -0.3 is 9.84 Å². The number of hydrogen-bond acceptors (Lipinski definition) is 6. The average molecular weight is 320 g/mol. The van der Waals surface area contributed by atoms with E-state index in [4.69, 9.17) is 5.11 Å². The monoisotopic (exact) mass is 320 g/mol. The quantitative estimate of drug-likeness (QED) is 0.839.